The molecule has 1 aliphatic carbocycles. The number of nitrogens with one attached hydrogen (secondary N) is 1. The van der Waals surface area contributed by atoms with Crippen LogP contribution in [0.1, 0.15) is 39.9 Å². The monoisotopic (exact) mass is 384 g/mol. The van der Waals surface area contributed by atoms with Crippen molar-refractivity contribution in [2.24, 2.45) is 0 Å². The van der Waals surface area contributed by atoms with Crippen molar-refractivity contribution in [3.05, 3.63) is 45.6 Å². The SMILES string of the molecule is C[C@@H](OC(=O)c1cc2c(s1)CCCC2)C(=O)N1CC(=O)Nc2ccccc21. The number of para-hydroxylation sites is 2. The molecule has 1 aromatic heterocycles. The number of rotatable bonds is 3. The first-order valence-corrected chi connectivity index (χ1v) is 9.87. The van der Waals surface area contributed by atoms with Crippen LogP contribution in [0, 0.1) is 0 Å². The number of thiophene rings is 1. The van der Waals surface area contributed by atoms with E-state index in [1.54, 1.807) is 31.2 Å². The molecule has 0 unspecified atom stereocenters. The highest BCUT2D eigenvalue weighted by Crippen LogP contribution is 2.31. The molecule has 1 aliphatic heterocycles. The lowest BCUT2D eigenvalue weighted by molar-refractivity contribution is -0.128. The van der Waals surface area contributed by atoms with Crippen molar-refractivity contribution in [3.63, 3.8) is 0 Å². The second-order valence-corrected chi connectivity index (χ2v) is 7.94. The van der Waals surface area contributed by atoms with Gasteiger partial charge in [0.05, 0.1) is 11.4 Å². The summed E-state index contributed by atoms with van der Waals surface area (Å²) in [7, 11) is 0. The summed E-state index contributed by atoms with van der Waals surface area (Å²) in [6, 6.07) is 8.97. The number of hydrogen-bond donors (Lipinski definition) is 1. The lowest BCUT2D eigenvalue weighted by Crippen LogP contribution is -2.47. The molecule has 7 heteroatoms. The van der Waals surface area contributed by atoms with Crippen LogP contribution in [0.5, 0.6) is 0 Å². The predicted molar refractivity (Wildman–Crippen MR) is 103 cm³/mol. The van der Waals surface area contributed by atoms with Crippen molar-refractivity contribution in [3.8, 4) is 0 Å². The quantitative estimate of drug-likeness (QED) is 0.825. The lowest BCUT2D eigenvalue weighted by atomic mass is 9.99. The summed E-state index contributed by atoms with van der Waals surface area (Å²) in [6.45, 7) is 1.45. The molecular formula is C20H20N2O4S. The van der Waals surface area contributed by atoms with E-state index in [0.717, 1.165) is 25.7 Å². The van der Waals surface area contributed by atoms with E-state index in [1.807, 2.05) is 6.07 Å². The largest absolute Gasteiger partial charge is 0.448 e. The summed E-state index contributed by atoms with van der Waals surface area (Å²) in [5.74, 6) is -1.16. The van der Waals surface area contributed by atoms with E-state index < -0.39 is 18.0 Å². The molecular weight excluding hydrogens is 364 g/mol. The Morgan fingerprint density at radius 1 is 1.22 bits per heavy atom. The Hall–Kier alpha value is -2.67. The molecule has 4 rings (SSSR count). The van der Waals surface area contributed by atoms with E-state index in [4.69, 9.17) is 4.74 Å². The summed E-state index contributed by atoms with van der Waals surface area (Å²) in [5, 5.41) is 2.74. The zero-order valence-corrected chi connectivity index (χ0v) is 15.8. The molecule has 140 valence electrons. The van der Waals surface area contributed by atoms with Gasteiger partial charge in [-0.1, -0.05) is 12.1 Å². The van der Waals surface area contributed by atoms with Gasteiger partial charge in [-0.05, 0) is 56.4 Å². The molecule has 2 aliphatic rings. The molecule has 1 aromatic carbocycles. The van der Waals surface area contributed by atoms with Crippen LogP contribution in [0.15, 0.2) is 30.3 Å². The van der Waals surface area contributed by atoms with Gasteiger partial charge in [0.1, 0.15) is 11.4 Å². The minimum absolute atomic E-state index is 0.0922. The van der Waals surface area contributed by atoms with Crippen molar-refractivity contribution in [2.75, 3.05) is 16.8 Å². The van der Waals surface area contributed by atoms with Crippen molar-refractivity contribution >= 4 is 40.5 Å². The zero-order valence-electron chi connectivity index (χ0n) is 15.0. The van der Waals surface area contributed by atoms with Gasteiger partial charge < -0.3 is 10.1 Å². The molecule has 27 heavy (non-hydrogen) atoms. The second kappa shape index (κ2) is 7.15. The minimum atomic E-state index is -0.976. The zero-order chi connectivity index (χ0) is 19.0. The summed E-state index contributed by atoms with van der Waals surface area (Å²) in [5.41, 5.74) is 2.40. The number of hydrogen-bond acceptors (Lipinski definition) is 5. The molecule has 1 N–H and O–H groups in total. The average Bonchev–Trinajstić information content (AvgIpc) is 3.11. The summed E-state index contributed by atoms with van der Waals surface area (Å²) in [6.07, 6.45) is 3.31. The van der Waals surface area contributed by atoms with Crippen molar-refractivity contribution < 1.29 is 19.1 Å². The standard InChI is InChI=1S/C20H20N2O4S/c1-12(26-20(25)17-10-13-6-2-5-9-16(13)27-17)19(24)22-11-18(23)21-14-7-3-4-8-15(14)22/h3-4,7-8,10,12H,2,5-6,9,11H2,1H3,(H,21,23)/t12-/m1/s1. The number of amides is 2. The lowest BCUT2D eigenvalue weighted by Gasteiger charge is -2.30. The number of fused-ring (bicyclic) bond motifs is 2. The van der Waals surface area contributed by atoms with E-state index in [2.05, 4.69) is 5.32 Å². The van der Waals surface area contributed by atoms with Crippen LogP contribution >= 0.6 is 11.3 Å². The molecule has 0 spiro atoms. The number of aryl methyl sites for hydroxylation is 2. The van der Waals surface area contributed by atoms with Gasteiger partial charge in [0.2, 0.25) is 5.91 Å². The van der Waals surface area contributed by atoms with Gasteiger partial charge in [-0.15, -0.1) is 11.3 Å². The fourth-order valence-electron chi connectivity index (χ4n) is 3.51. The summed E-state index contributed by atoms with van der Waals surface area (Å²) >= 11 is 1.46. The number of carbonyl (C=O) groups is 3. The van der Waals surface area contributed by atoms with E-state index >= 15 is 0 Å². The van der Waals surface area contributed by atoms with Crippen molar-refractivity contribution in [2.45, 2.75) is 38.7 Å². The number of nitrogens with zero attached hydrogens (tertiary/aromatic N) is 1. The predicted octanol–water partition coefficient (Wildman–Crippen LogP) is 3.16. The molecule has 0 radical (unpaired) electrons. The van der Waals surface area contributed by atoms with Crippen LogP contribution in [-0.4, -0.2) is 30.4 Å². The van der Waals surface area contributed by atoms with E-state index in [9.17, 15) is 14.4 Å². The second-order valence-electron chi connectivity index (χ2n) is 6.80. The van der Waals surface area contributed by atoms with Gasteiger partial charge in [-0.2, -0.15) is 0 Å². The third kappa shape index (κ3) is 3.47. The van der Waals surface area contributed by atoms with Crippen LogP contribution in [0.2, 0.25) is 0 Å². The Kier molecular flexibility index (Phi) is 4.70. The van der Waals surface area contributed by atoms with Gasteiger partial charge in [-0.3, -0.25) is 14.5 Å². The van der Waals surface area contributed by atoms with Crippen LogP contribution in [0.25, 0.3) is 0 Å². The van der Waals surface area contributed by atoms with Gasteiger partial charge in [-0.25, -0.2) is 4.79 Å². The van der Waals surface area contributed by atoms with Crippen LogP contribution < -0.4 is 10.2 Å². The minimum Gasteiger partial charge on any atom is -0.448 e. The molecule has 1 atom stereocenters. The van der Waals surface area contributed by atoms with Crippen molar-refractivity contribution in [1.82, 2.24) is 0 Å². The molecule has 0 saturated heterocycles. The van der Waals surface area contributed by atoms with Gasteiger partial charge in [0.25, 0.3) is 5.91 Å². The smallest absolute Gasteiger partial charge is 0.349 e. The topological polar surface area (TPSA) is 75.7 Å². The Morgan fingerprint density at radius 2 is 2.00 bits per heavy atom. The third-order valence-electron chi connectivity index (χ3n) is 4.87. The number of esters is 1. The Balaban J connectivity index is 1.49. The number of anilines is 2. The summed E-state index contributed by atoms with van der Waals surface area (Å²) in [4.78, 5) is 40.4. The number of ether oxygens (including phenoxy) is 1. The van der Waals surface area contributed by atoms with Crippen LogP contribution in [-0.2, 0) is 27.2 Å². The third-order valence-corrected chi connectivity index (χ3v) is 6.08. The molecule has 0 saturated carbocycles. The Morgan fingerprint density at radius 3 is 2.81 bits per heavy atom. The maximum atomic E-state index is 12.8. The van der Waals surface area contributed by atoms with Crippen LogP contribution in [0.4, 0.5) is 11.4 Å². The molecule has 0 bridgehead atoms. The van der Waals surface area contributed by atoms with E-state index in [0.29, 0.717) is 16.3 Å². The first kappa shape index (κ1) is 17.7. The first-order chi connectivity index (χ1) is 13.0. The van der Waals surface area contributed by atoms with E-state index in [-0.39, 0.29) is 12.5 Å². The molecule has 0 fully saturated rings. The first-order valence-electron chi connectivity index (χ1n) is 9.06. The highest BCUT2D eigenvalue weighted by atomic mass is 32.1. The average molecular weight is 384 g/mol. The summed E-state index contributed by atoms with van der Waals surface area (Å²) < 4.78 is 5.43. The van der Waals surface area contributed by atoms with Crippen molar-refractivity contribution in [1.29, 1.82) is 0 Å². The normalized spacial score (nSPS) is 16.8. The van der Waals surface area contributed by atoms with E-state index in [1.165, 1.54) is 26.7 Å². The Bertz CT molecular complexity index is 897. The van der Waals surface area contributed by atoms with Gasteiger partial charge in [0, 0.05) is 4.88 Å². The number of carbonyl (C=O) groups excluding carboxylic acids is 3. The Labute approximate surface area is 161 Å². The maximum Gasteiger partial charge on any atom is 0.349 e. The highest BCUT2D eigenvalue weighted by Gasteiger charge is 2.32. The highest BCUT2D eigenvalue weighted by molar-refractivity contribution is 7.14. The molecule has 6 nitrogen and oxygen atoms in total. The van der Waals surface area contributed by atoms with Gasteiger partial charge >= 0.3 is 5.97 Å². The number of benzene rings is 1. The molecule has 2 aromatic rings. The van der Waals surface area contributed by atoms with Gasteiger partial charge in [0.15, 0.2) is 6.10 Å². The fourth-order valence-corrected chi connectivity index (χ4v) is 4.65. The molecule has 2 heterocycles. The fraction of sp³-hybridized carbons (Fsp3) is 0.350. The molecule has 2 amide bonds. The van der Waals surface area contributed by atoms with Crippen LogP contribution in [0.3, 0.4) is 0 Å². The maximum absolute atomic E-state index is 12.8.